The summed E-state index contributed by atoms with van der Waals surface area (Å²) in [4.78, 5) is 9.40. The fourth-order valence-electron chi connectivity index (χ4n) is 8.50. The van der Waals surface area contributed by atoms with Crippen LogP contribution in [0, 0.1) is 5.41 Å². The van der Waals surface area contributed by atoms with Crippen LogP contribution in [0.1, 0.15) is 38.9 Å². The van der Waals surface area contributed by atoms with Gasteiger partial charge in [-0.1, -0.05) is 140 Å². The van der Waals surface area contributed by atoms with Gasteiger partial charge in [0, 0.05) is 24.2 Å². The van der Waals surface area contributed by atoms with E-state index in [4.69, 9.17) is 4.99 Å². The van der Waals surface area contributed by atoms with Crippen LogP contribution in [-0.4, -0.2) is 16.9 Å². The maximum absolute atomic E-state index is 9.51. The number of hydrogen-bond donors (Lipinski definition) is 1. The molecule has 0 saturated heterocycles. The summed E-state index contributed by atoms with van der Waals surface area (Å²) in [5, 5.41) is 11.9. The normalized spacial score (nSPS) is 13.5. The van der Waals surface area contributed by atoms with E-state index in [0.29, 0.717) is 11.4 Å². The van der Waals surface area contributed by atoms with Crippen LogP contribution < -0.4 is 0 Å². The molecule has 2 aliphatic rings. The molecule has 8 aromatic rings. The van der Waals surface area contributed by atoms with Crippen molar-refractivity contribution in [1.29, 1.82) is 5.41 Å². The van der Waals surface area contributed by atoms with Crippen molar-refractivity contribution in [2.45, 2.75) is 5.41 Å². The number of nitrogens with zero attached hydrogens (tertiary/aromatic N) is 2. The number of rotatable bonds is 6. The predicted octanol–water partition coefficient (Wildman–Crippen LogP) is 11.8. The van der Waals surface area contributed by atoms with Gasteiger partial charge >= 0.3 is 0 Å². The molecule has 1 heterocycles. The van der Waals surface area contributed by atoms with Crippen molar-refractivity contribution in [2.75, 3.05) is 0 Å². The molecule has 0 saturated carbocycles. The molecule has 0 aliphatic heterocycles. The lowest BCUT2D eigenvalue weighted by Gasteiger charge is -2.30. The van der Waals surface area contributed by atoms with Gasteiger partial charge in [0.15, 0.2) is 0 Å². The van der Waals surface area contributed by atoms with Gasteiger partial charge in [-0.15, -0.1) is 0 Å². The highest BCUT2D eigenvalue weighted by atomic mass is 14.7. The van der Waals surface area contributed by atoms with Crippen LogP contribution in [0.15, 0.2) is 193 Å². The zero-order chi connectivity index (χ0) is 35.4. The molecule has 10 rings (SSSR count). The monoisotopic (exact) mass is 675 g/mol. The first-order valence-corrected chi connectivity index (χ1v) is 18.0. The Balaban J connectivity index is 1.06. The number of fused-ring (bicyclic) bond motifs is 11. The van der Waals surface area contributed by atoms with E-state index >= 15 is 0 Å². The lowest BCUT2D eigenvalue weighted by Crippen LogP contribution is -2.26. The largest absolute Gasteiger partial charge is 0.300 e. The minimum Gasteiger partial charge on any atom is -0.300 e. The minimum absolute atomic E-state index is 0.388. The Morgan fingerprint density at radius 2 is 1.15 bits per heavy atom. The molecule has 0 amide bonds. The summed E-state index contributed by atoms with van der Waals surface area (Å²) in [5.41, 5.74) is 15.6. The third kappa shape index (κ3) is 4.93. The molecule has 248 valence electrons. The quantitative estimate of drug-likeness (QED) is 0.175. The summed E-state index contributed by atoms with van der Waals surface area (Å²) in [6.07, 6.45) is 7.33. The highest BCUT2D eigenvalue weighted by Gasteiger charge is 2.51. The Hall–Kier alpha value is -6.97. The minimum atomic E-state index is -0.459. The average Bonchev–Trinajstić information content (AvgIpc) is 3.69. The molecule has 0 atom stereocenters. The number of aromatic nitrogens is 1. The van der Waals surface area contributed by atoms with E-state index in [0.717, 1.165) is 27.8 Å². The van der Waals surface area contributed by atoms with Crippen LogP contribution >= 0.6 is 0 Å². The van der Waals surface area contributed by atoms with E-state index in [-0.39, 0.29) is 0 Å². The molecule has 1 spiro atoms. The third-order valence-electron chi connectivity index (χ3n) is 10.9. The van der Waals surface area contributed by atoms with Crippen molar-refractivity contribution in [2.24, 2.45) is 4.99 Å². The van der Waals surface area contributed by atoms with Gasteiger partial charge in [-0.3, -0.25) is 9.98 Å². The summed E-state index contributed by atoms with van der Waals surface area (Å²) in [7, 11) is 0. The van der Waals surface area contributed by atoms with Crippen LogP contribution in [0.2, 0.25) is 0 Å². The van der Waals surface area contributed by atoms with Crippen molar-refractivity contribution in [3.8, 4) is 33.4 Å². The fraction of sp³-hybridized carbons (Fsp3) is 0.0200. The first-order valence-electron chi connectivity index (χ1n) is 18.0. The second kappa shape index (κ2) is 12.4. The molecule has 53 heavy (non-hydrogen) atoms. The maximum atomic E-state index is 9.51. The second-order valence-corrected chi connectivity index (χ2v) is 13.8. The van der Waals surface area contributed by atoms with E-state index in [1.807, 2.05) is 30.6 Å². The summed E-state index contributed by atoms with van der Waals surface area (Å²) in [5.74, 6) is 0. The lowest BCUT2D eigenvalue weighted by atomic mass is 9.70. The third-order valence-corrected chi connectivity index (χ3v) is 10.9. The number of hydrogen-bond acceptors (Lipinski definition) is 3. The van der Waals surface area contributed by atoms with Gasteiger partial charge in [0.25, 0.3) is 0 Å². The zero-order valence-electron chi connectivity index (χ0n) is 28.9. The van der Waals surface area contributed by atoms with Gasteiger partial charge in [-0.2, -0.15) is 0 Å². The summed E-state index contributed by atoms with van der Waals surface area (Å²) < 4.78 is 0. The Labute approximate surface area is 308 Å². The van der Waals surface area contributed by atoms with Gasteiger partial charge in [-0.05, 0) is 114 Å². The van der Waals surface area contributed by atoms with E-state index in [9.17, 15) is 5.41 Å². The number of nitrogens with one attached hydrogen (secondary N) is 1. The molecule has 2 aliphatic carbocycles. The van der Waals surface area contributed by atoms with Crippen molar-refractivity contribution in [3.63, 3.8) is 0 Å². The number of pyridine rings is 1. The fourth-order valence-corrected chi connectivity index (χ4v) is 8.50. The molecule has 0 unspecified atom stereocenters. The highest BCUT2D eigenvalue weighted by Crippen LogP contribution is 2.62. The van der Waals surface area contributed by atoms with Crippen molar-refractivity contribution in [3.05, 3.63) is 227 Å². The summed E-state index contributed by atoms with van der Waals surface area (Å²) in [6, 6.07) is 60.3. The molecular weight excluding hydrogens is 643 g/mol. The van der Waals surface area contributed by atoms with Crippen molar-refractivity contribution < 1.29 is 0 Å². The van der Waals surface area contributed by atoms with Crippen LogP contribution in [0.5, 0.6) is 0 Å². The topological polar surface area (TPSA) is 49.1 Å². The second-order valence-electron chi connectivity index (χ2n) is 13.8. The summed E-state index contributed by atoms with van der Waals surface area (Å²) >= 11 is 0. The van der Waals surface area contributed by atoms with Gasteiger partial charge in [0.05, 0.1) is 16.8 Å². The number of benzene rings is 7. The molecular formula is C50H33N3. The molecule has 3 heteroatoms. The van der Waals surface area contributed by atoms with Crippen molar-refractivity contribution in [1.82, 2.24) is 4.98 Å². The van der Waals surface area contributed by atoms with Crippen molar-refractivity contribution >= 4 is 28.4 Å². The summed E-state index contributed by atoms with van der Waals surface area (Å²) in [6.45, 7) is 0. The van der Waals surface area contributed by atoms with E-state index in [2.05, 4.69) is 163 Å². The average molecular weight is 676 g/mol. The Kier molecular flexibility index (Phi) is 7.19. The molecule has 1 aromatic heterocycles. The van der Waals surface area contributed by atoms with Gasteiger partial charge in [-0.25, -0.2) is 0 Å². The zero-order valence-corrected chi connectivity index (χ0v) is 28.9. The molecule has 0 bridgehead atoms. The Morgan fingerprint density at radius 3 is 1.85 bits per heavy atom. The molecule has 0 fully saturated rings. The molecule has 7 aromatic carbocycles. The first kappa shape index (κ1) is 30.8. The Bertz CT molecular complexity index is 2740. The van der Waals surface area contributed by atoms with E-state index in [1.165, 1.54) is 55.3 Å². The highest BCUT2D eigenvalue weighted by molar-refractivity contribution is 6.11. The predicted molar refractivity (Wildman–Crippen MR) is 219 cm³/mol. The number of allylic oxidation sites excluding steroid dienone is 1. The molecule has 3 nitrogen and oxygen atoms in total. The van der Waals surface area contributed by atoms with Gasteiger partial charge in [0.1, 0.15) is 0 Å². The number of aliphatic imine (C=N–C) groups is 1. The maximum Gasteiger partial charge on any atom is 0.0739 e. The van der Waals surface area contributed by atoms with Crippen LogP contribution in [0.3, 0.4) is 0 Å². The standard InChI is InChI=1S/C50H33N3/c51-48(30-49(39-15-10-26-52-32-39)53-31-33-11-9-14-35(27-33)37-23-22-34-12-1-2-13-36(34)28-37)38-24-25-43-42-18-5-8-21-46(42)50(47(43)29-38)44-19-6-3-16-40(44)41-17-4-7-20-45(41)50/h1-32,51H/b49-30-,51-48?,53-31+. The molecule has 0 radical (unpaired) electrons. The van der Waals surface area contributed by atoms with E-state index in [1.54, 1.807) is 6.20 Å². The van der Waals surface area contributed by atoms with Gasteiger partial charge < -0.3 is 5.41 Å². The van der Waals surface area contributed by atoms with Crippen LogP contribution in [0.25, 0.3) is 49.9 Å². The molecule has 1 N–H and O–H groups in total. The lowest BCUT2D eigenvalue weighted by molar-refractivity contribution is 0.793. The van der Waals surface area contributed by atoms with Gasteiger partial charge in [0.2, 0.25) is 0 Å². The Morgan fingerprint density at radius 1 is 0.509 bits per heavy atom. The van der Waals surface area contributed by atoms with E-state index < -0.39 is 5.41 Å². The SMILES string of the molecule is N=C(/C=C(\N=C\c1cccc(-c2ccc3ccccc3c2)c1)c1cccnc1)c1ccc2c(c1)C1(c3ccccc3-c3ccccc31)c1ccccc1-2. The smallest absolute Gasteiger partial charge is 0.0739 e. The van der Waals surface area contributed by atoms with Crippen LogP contribution in [0.4, 0.5) is 0 Å². The first-order chi connectivity index (χ1) is 26.2. The van der Waals surface area contributed by atoms with Crippen LogP contribution in [-0.2, 0) is 5.41 Å².